The van der Waals surface area contributed by atoms with E-state index in [4.69, 9.17) is 18.5 Å². The lowest BCUT2D eigenvalue weighted by atomic mass is 10.1. The molecule has 0 saturated heterocycles. The van der Waals surface area contributed by atoms with Crippen molar-refractivity contribution in [2.75, 3.05) is 54.1 Å². The number of nitrogens with zero attached hydrogens (tertiary/aromatic N) is 1. The summed E-state index contributed by atoms with van der Waals surface area (Å²) < 4.78 is 34.5. The van der Waals surface area contributed by atoms with Gasteiger partial charge < -0.3 is 27.9 Å². The number of quaternary nitrogens is 1. The Bertz CT molecular complexity index is 1350. The van der Waals surface area contributed by atoms with Gasteiger partial charge >= 0.3 is 5.97 Å². The molecule has 9 heteroatoms. The van der Waals surface area contributed by atoms with Crippen LogP contribution in [0.15, 0.2) is 122 Å². The van der Waals surface area contributed by atoms with E-state index in [1.807, 2.05) is 21.1 Å². The molecule has 0 aromatic rings. The minimum absolute atomic E-state index is 0.00210. The Morgan fingerprint density at radius 3 is 1.37 bits per heavy atom. The molecule has 0 fully saturated rings. The van der Waals surface area contributed by atoms with E-state index in [0.29, 0.717) is 24.1 Å². The van der Waals surface area contributed by atoms with Gasteiger partial charge in [-0.25, -0.2) is 0 Å². The van der Waals surface area contributed by atoms with E-state index in [1.165, 1.54) is 0 Å². The Morgan fingerprint density at radius 2 is 0.932 bits per heavy atom. The fraction of sp³-hybridized carbons (Fsp3) is 0.580. The summed E-state index contributed by atoms with van der Waals surface area (Å²) in [7, 11) is 1.28. The van der Waals surface area contributed by atoms with Gasteiger partial charge in [-0.1, -0.05) is 148 Å². The molecule has 2 atom stereocenters. The normalized spacial score (nSPS) is 14.9. The fourth-order valence-electron chi connectivity index (χ4n) is 5.14. The van der Waals surface area contributed by atoms with Crippen LogP contribution in [0, 0.1) is 0 Å². The number of ether oxygens (including phenoxy) is 2. The van der Waals surface area contributed by atoms with E-state index in [-0.39, 0.29) is 32.2 Å². The number of rotatable bonds is 39. The number of likely N-dealkylation sites (N-methyl/N-ethyl adjacent to an activating group) is 1. The lowest BCUT2D eigenvalue weighted by molar-refractivity contribution is -0.870. The van der Waals surface area contributed by atoms with E-state index in [0.717, 1.165) is 103 Å². The molecule has 0 radical (unpaired) electrons. The van der Waals surface area contributed by atoms with E-state index < -0.39 is 13.9 Å². The van der Waals surface area contributed by atoms with Gasteiger partial charge in [0.15, 0.2) is 0 Å². The molecule has 0 aliphatic carbocycles. The molecule has 0 amide bonds. The zero-order valence-electron chi connectivity index (χ0n) is 37.6. The van der Waals surface area contributed by atoms with Crippen LogP contribution in [0.4, 0.5) is 0 Å². The van der Waals surface area contributed by atoms with Crippen LogP contribution in [0.5, 0.6) is 0 Å². The van der Waals surface area contributed by atoms with Crippen molar-refractivity contribution in [2.45, 2.75) is 136 Å². The Labute approximate surface area is 361 Å². The molecule has 0 aliphatic heterocycles. The van der Waals surface area contributed by atoms with Crippen molar-refractivity contribution in [1.82, 2.24) is 0 Å². The number of esters is 1. The summed E-state index contributed by atoms with van der Waals surface area (Å²) in [5.74, 6) is -0.384. The number of phosphoric acid groups is 1. The molecule has 59 heavy (non-hydrogen) atoms. The summed E-state index contributed by atoms with van der Waals surface area (Å²) in [6, 6.07) is 0. The maximum atomic E-state index is 12.7. The van der Waals surface area contributed by atoms with E-state index >= 15 is 0 Å². The van der Waals surface area contributed by atoms with Crippen LogP contribution in [-0.2, 0) is 27.9 Å². The summed E-state index contributed by atoms with van der Waals surface area (Å²) in [5.41, 5.74) is 0. The quantitative estimate of drug-likeness (QED) is 0.0200. The van der Waals surface area contributed by atoms with Gasteiger partial charge in [-0.15, -0.1) is 0 Å². The maximum Gasteiger partial charge on any atom is 0.306 e. The second kappa shape index (κ2) is 41.6. The topological polar surface area (TPSA) is 94.1 Å². The zero-order valence-corrected chi connectivity index (χ0v) is 38.5. The van der Waals surface area contributed by atoms with Crippen molar-refractivity contribution in [1.29, 1.82) is 0 Å². The molecule has 0 aromatic heterocycles. The van der Waals surface area contributed by atoms with Crippen molar-refractivity contribution >= 4 is 13.8 Å². The number of unbranched alkanes of at least 4 members (excludes halogenated alkanes) is 5. The SMILES string of the molecule is CC/C=C\C/C=C\C/C=C\C/C=C\C/C=C\C/C=C\CCCOCC(COP(=O)([O-])OCC[N+](C)(C)C)OC(=O)CCCCCC/C=C\C/C=C\C/C=C\C/C=C\CC. The Kier molecular flexibility index (Phi) is 39.4. The van der Waals surface area contributed by atoms with E-state index in [9.17, 15) is 14.3 Å². The van der Waals surface area contributed by atoms with Crippen molar-refractivity contribution in [3.05, 3.63) is 122 Å². The lowest BCUT2D eigenvalue weighted by Gasteiger charge is -2.28. The van der Waals surface area contributed by atoms with Gasteiger partial charge in [0.25, 0.3) is 7.82 Å². The predicted octanol–water partition coefficient (Wildman–Crippen LogP) is 12.7. The van der Waals surface area contributed by atoms with E-state index in [1.54, 1.807) is 0 Å². The van der Waals surface area contributed by atoms with Crippen molar-refractivity contribution in [2.24, 2.45) is 0 Å². The maximum absolute atomic E-state index is 12.7. The molecule has 0 saturated carbocycles. The molecule has 0 aliphatic rings. The highest BCUT2D eigenvalue weighted by Gasteiger charge is 2.20. The molecule has 0 rings (SSSR count). The Hall–Kier alpha value is -3.10. The van der Waals surface area contributed by atoms with Crippen LogP contribution in [0.1, 0.15) is 129 Å². The number of carbonyl (C=O) groups excluding carboxylic acids is 1. The molecule has 334 valence electrons. The molecule has 0 bridgehead atoms. The van der Waals surface area contributed by atoms with Crippen LogP contribution in [0.2, 0.25) is 0 Å². The molecular weight excluding hydrogens is 758 g/mol. The third-order valence-corrected chi connectivity index (χ3v) is 9.47. The van der Waals surface area contributed by atoms with Gasteiger partial charge in [-0.05, 0) is 96.3 Å². The molecule has 0 aromatic carbocycles. The minimum Gasteiger partial charge on any atom is -0.756 e. The van der Waals surface area contributed by atoms with Crippen molar-refractivity contribution in [3.8, 4) is 0 Å². The van der Waals surface area contributed by atoms with Gasteiger partial charge in [-0.3, -0.25) is 9.36 Å². The van der Waals surface area contributed by atoms with Crippen molar-refractivity contribution in [3.63, 3.8) is 0 Å². The average molecular weight is 840 g/mol. The van der Waals surface area contributed by atoms with Crippen LogP contribution in [-0.4, -0.2) is 70.7 Å². The minimum atomic E-state index is -4.56. The van der Waals surface area contributed by atoms with Crippen molar-refractivity contribution < 1.29 is 37.3 Å². The fourth-order valence-corrected chi connectivity index (χ4v) is 5.87. The summed E-state index contributed by atoms with van der Waals surface area (Å²) >= 11 is 0. The first-order valence-electron chi connectivity index (χ1n) is 22.3. The second-order valence-corrected chi connectivity index (χ2v) is 16.7. The lowest BCUT2D eigenvalue weighted by Crippen LogP contribution is -2.37. The molecule has 2 unspecified atom stereocenters. The van der Waals surface area contributed by atoms with Gasteiger partial charge in [-0.2, -0.15) is 0 Å². The van der Waals surface area contributed by atoms with Gasteiger partial charge in [0.05, 0.1) is 34.4 Å². The summed E-state index contributed by atoms with van der Waals surface area (Å²) in [4.78, 5) is 25.1. The average Bonchev–Trinajstić information content (AvgIpc) is 3.19. The highest BCUT2D eigenvalue weighted by Crippen LogP contribution is 2.38. The number of phosphoric ester groups is 1. The molecule has 0 N–H and O–H groups in total. The van der Waals surface area contributed by atoms with Crippen LogP contribution >= 0.6 is 7.82 Å². The second-order valence-electron chi connectivity index (χ2n) is 15.3. The third-order valence-electron chi connectivity index (χ3n) is 8.51. The molecule has 0 heterocycles. The predicted molar refractivity (Wildman–Crippen MR) is 249 cm³/mol. The summed E-state index contributed by atoms with van der Waals surface area (Å²) in [6.45, 7) is 4.94. The highest BCUT2D eigenvalue weighted by molar-refractivity contribution is 7.45. The first kappa shape index (κ1) is 55.9. The van der Waals surface area contributed by atoms with Gasteiger partial charge in [0.1, 0.15) is 19.3 Å². The number of hydrogen-bond acceptors (Lipinski definition) is 7. The Morgan fingerprint density at radius 1 is 0.525 bits per heavy atom. The smallest absolute Gasteiger partial charge is 0.306 e. The first-order chi connectivity index (χ1) is 28.6. The zero-order chi connectivity index (χ0) is 43.4. The van der Waals surface area contributed by atoms with Crippen LogP contribution < -0.4 is 4.89 Å². The van der Waals surface area contributed by atoms with E-state index in [2.05, 4.69) is 135 Å². The molecule has 8 nitrogen and oxygen atoms in total. The van der Waals surface area contributed by atoms with Gasteiger partial charge in [0, 0.05) is 13.0 Å². The monoisotopic (exact) mass is 840 g/mol. The third kappa shape index (κ3) is 45.8. The number of carbonyl (C=O) groups is 1. The molecular formula is C50H82NO7P. The van der Waals surface area contributed by atoms with Crippen LogP contribution in [0.25, 0.3) is 0 Å². The summed E-state index contributed by atoms with van der Waals surface area (Å²) in [6.07, 6.45) is 59.4. The summed E-state index contributed by atoms with van der Waals surface area (Å²) in [5, 5.41) is 0. The highest BCUT2D eigenvalue weighted by atomic mass is 31.2. The number of hydrogen-bond donors (Lipinski definition) is 0. The van der Waals surface area contributed by atoms with Crippen LogP contribution in [0.3, 0.4) is 0 Å². The first-order valence-corrected chi connectivity index (χ1v) is 23.7. The standard InChI is InChI=1S/C50H82NO7P/c1-6-8-10-12-14-16-18-20-22-24-25-26-28-30-32-34-36-38-40-42-45-55-47-49(48-57-59(53,54)56-46-44-51(3,4)5)58-50(52)43-41-39-37-35-33-31-29-27-23-21-19-17-15-13-11-9-7-2/h8-11,14-17,20-23,25-26,29-32,36,38,49H,6-7,12-13,18-19,24,27-28,33-35,37,39-48H2,1-5H3/b10-8-,11-9-,16-14-,17-15-,22-20-,23-21-,26-25-,31-29-,32-30-,38-36-. The number of allylic oxidation sites excluding steroid dienone is 20. The van der Waals surface area contributed by atoms with Gasteiger partial charge in [0.2, 0.25) is 0 Å². The largest absolute Gasteiger partial charge is 0.756 e. The molecule has 0 spiro atoms. The Balaban J connectivity index is 4.42.